The van der Waals surface area contributed by atoms with Crippen LogP contribution in [0.1, 0.15) is 18.9 Å². The Bertz CT molecular complexity index is 938. The maximum Gasteiger partial charge on any atom is 0.237 e. The van der Waals surface area contributed by atoms with E-state index >= 15 is 0 Å². The molecular weight excluding hydrogens is 346 g/mol. The topological polar surface area (TPSA) is 58.2 Å². The van der Waals surface area contributed by atoms with Gasteiger partial charge in [-0.25, -0.2) is 4.98 Å². The third-order valence-electron chi connectivity index (χ3n) is 4.49. The zero-order valence-electron chi connectivity index (χ0n) is 14.7. The fourth-order valence-electron chi connectivity index (χ4n) is 3.29. The normalized spacial score (nSPS) is 13.7. The molecule has 1 amide bonds. The van der Waals surface area contributed by atoms with Crippen LogP contribution in [0.25, 0.3) is 11.0 Å². The summed E-state index contributed by atoms with van der Waals surface area (Å²) in [5.41, 5.74) is 4.11. The van der Waals surface area contributed by atoms with Crippen LogP contribution >= 0.6 is 11.8 Å². The summed E-state index contributed by atoms with van der Waals surface area (Å²) < 4.78 is 5.52. The summed E-state index contributed by atoms with van der Waals surface area (Å²) in [4.78, 5) is 22.5. The van der Waals surface area contributed by atoms with Gasteiger partial charge in [0, 0.05) is 18.3 Å². The molecule has 1 aromatic heterocycles. The highest BCUT2D eigenvalue weighted by Crippen LogP contribution is 2.28. The molecule has 0 saturated heterocycles. The van der Waals surface area contributed by atoms with Gasteiger partial charge in [0.1, 0.15) is 5.75 Å². The van der Waals surface area contributed by atoms with Crippen LogP contribution in [0.4, 0.5) is 5.69 Å². The van der Waals surface area contributed by atoms with Gasteiger partial charge < -0.3 is 14.6 Å². The summed E-state index contributed by atoms with van der Waals surface area (Å²) in [6.45, 7) is 3.38. The Kier molecular flexibility index (Phi) is 4.84. The fraction of sp³-hybridized carbons (Fsp3) is 0.300. The Morgan fingerprint density at radius 3 is 3.08 bits per heavy atom. The van der Waals surface area contributed by atoms with Gasteiger partial charge in [0.15, 0.2) is 5.16 Å². The van der Waals surface area contributed by atoms with Crippen LogP contribution in [-0.4, -0.2) is 34.8 Å². The number of carbonyl (C=O) groups excluding carboxylic acids is 1. The smallest absolute Gasteiger partial charge is 0.237 e. The Morgan fingerprint density at radius 2 is 2.19 bits per heavy atom. The van der Waals surface area contributed by atoms with Gasteiger partial charge in [0.25, 0.3) is 0 Å². The fourth-order valence-corrected chi connectivity index (χ4v) is 4.05. The van der Waals surface area contributed by atoms with E-state index in [9.17, 15) is 4.79 Å². The van der Waals surface area contributed by atoms with Crippen LogP contribution in [0.2, 0.25) is 0 Å². The highest BCUT2D eigenvalue weighted by atomic mass is 32.2. The lowest BCUT2D eigenvalue weighted by molar-refractivity contribution is -0.116. The van der Waals surface area contributed by atoms with E-state index in [2.05, 4.69) is 16.0 Å². The number of aromatic amines is 1. The molecule has 1 aliphatic heterocycles. The summed E-state index contributed by atoms with van der Waals surface area (Å²) in [6.07, 6.45) is 2.05. The summed E-state index contributed by atoms with van der Waals surface area (Å²) in [5.74, 6) is 1.31. The molecule has 2 heterocycles. The van der Waals surface area contributed by atoms with E-state index in [-0.39, 0.29) is 5.91 Å². The van der Waals surface area contributed by atoms with Crippen molar-refractivity contribution in [2.24, 2.45) is 0 Å². The van der Waals surface area contributed by atoms with Crippen LogP contribution < -0.4 is 9.64 Å². The molecule has 0 unspecified atom stereocenters. The summed E-state index contributed by atoms with van der Waals surface area (Å²) in [7, 11) is 0. The molecule has 0 saturated carbocycles. The summed E-state index contributed by atoms with van der Waals surface area (Å²) >= 11 is 1.44. The Morgan fingerprint density at radius 1 is 1.31 bits per heavy atom. The number of carbonyl (C=O) groups is 1. The second-order valence-corrected chi connectivity index (χ2v) is 7.18. The highest BCUT2D eigenvalue weighted by molar-refractivity contribution is 7.99. The van der Waals surface area contributed by atoms with Crippen molar-refractivity contribution in [3.8, 4) is 5.75 Å². The minimum absolute atomic E-state index is 0.123. The van der Waals surface area contributed by atoms with Crippen molar-refractivity contribution in [3.63, 3.8) is 0 Å². The number of ether oxygens (including phenoxy) is 1. The maximum absolute atomic E-state index is 12.7. The number of nitrogens with one attached hydrogen (secondary N) is 1. The maximum atomic E-state index is 12.7. The molecule has 3 aromatic rings. The third kappa shape index (κ3) is 3.42. The molecule has 1 aliphatic rings. The van der Waals surface area contributed by atoms with Crippen LogP contribution in [0, 0.1) is 0 Å². The molecule has 0 radical (unpaired) electrons. The van der Waals surface area contributed by atoms with E-state index in [0.29, 0.717) is 12.4 Å². The van der Waals surface area contributed by atoms with E-state index in [1.54, 1.807) is 0 Å². The van der Waals surface area contributed by atoms with Gasteiger partial charge in [-0.2, -0.15) is 0 Å². The molecule has 5 nitrogen and oxygen atoms in total. The molecule has 0 atom stereocenters. The molecule has 26 heavy (non-hydrogen) atoms. The van der Waals surface area contributed by atoms with Gasteiger partial charge in [-0.05, 0) is 43.5 Å². The number of hydrogen-bond donors (Lipinski definition) is 1. The Balaban J connectivity index is 1.46. The summed E-state index contributed by atoms with van der Waals surface area (Å²) in [6, 6.07) is 14.0. The number of aryl methyl sites for hydroxylation is 1. The number of imidazole rings is 1. The van der Waals surface area contributed by atoms with E-state index in [0.717, 1.165) is 47.0 Å². The molecule has 2 aromatic carbocycles. The summed E-state index contributed by atoms with van der Waals surface area (Å²) in [5, 5.41) is 0.757. The molecule has 0 bridgehead atoms. The number of nitrogens with zero attached hydrogens (tertiary/aromatic N) is 2. The second-order valence-electron chi connectivity index (χ2n) is 6.22. The average Bonchev–Trinajstić information content (AvgIpc) is 3.08. The first-order chi connectivity index (χ1) is 12.7. The minimum atomic E-state index is 0.123. The molecule has 1 N–H and O–H groups in total. The van der Waals surface area contributed by atoms with Crippen LogP contribution in [0.3, 0.4) is 0 Å². The highest BCUT2D eigenvalue weighted by Gasteiger charge is 2.22. The predicted molar refractivity (Wildman–Crippen MR) is 105 cm³/mol. The van der Waals surface area contributed by atoms with Crippen molar-refractivity contribution in [3.05, 3.63) is 48.0 Å². The number of aromatic nitrogens is 2. The number of anilines is 1. The first kappa shape index (κ1) is 17.0. The zero-order chi connectivity index (χ0) is 17.9. The van der Waals surface area contributed by atoms with Crippen molar-refractivity contribution < 1.29 is 9.53 Å². The van der Waals surface area contributed by atoms with Gasteiger partial charge in [-0.3, -0.25) is 4.79 Å². The number of benzene rings is 2. The van der Waals surface area contributed by atoms with Crippen molar-refractivity contribution in [1.82, 2.24) is 9.97 Å². The number of thioether (sulfide) groups is 1. The molecule has 0 spiro atoms. The number of amides is 1. The monoisotopic (exact) mass is 367 g/mol. The van der Waals surface area contributed by atoms with Crippen LogP contribution in [-0.2, 0) is 11.2 Å². The average molecular weight is 367 g/mol. The number of hydrogen-bond acceptors (Lipinski definition) is 4. The van der Waals surface area contributed by atoms with Crippen molar-refractivity contribution in [1.29, 1.82) is 0 Å². The lowest BCUT2D eigenvalue weighted by Gasteiger charge is -2.29. The molecule has 6 heteroatoms. The molecule has 4 rings (SSSR count). The van der Waals surface area contributed by atoms with E-state index < -0.39 is 0 Å². The van der Waals surface area contributed by atoms with Gasteiger partial charge in [0.05, 0.1) is 23.4 Å². The van der Waals surface area contributed by atoms with Gasteiger partial charge >= 0.3 is 0 Å². The minimum Gasteiger partial charge on any atom is -0.494 e. The number of para-hydroxylation sites is 1. The predicted octanol–water partition coefficient (Wildman–Crippen LogP) is 4.03. The first-order valence-corrected chi connectivity index (χ1v) is 9.87. The van der Waals surface area contributed by atoms with Crippen LogP contribution in [0.15, 0.2) is 47.6 Å². The van der Waals surface area contributed by atoms with Crippen LogP contribution in [0.5, 0.6) is 5.75 Å². The third-order valence-corrected chi connectivity index (χ3v) is 5.34. The van der Waals surface area contributed by atoms with Crippen molar-refractivity contribution in [2.45, 2.75) is 24.9 Å². The molecule has 134 valence electrons. The quantitative estimate of drug-likeness (QED) is 0.692. The van der Waals surface area contributed by atoms with Gasteiger partial charge in [0.2, 0.25) is 5.91 Å². The van der Waals surface area contributed by atoms with Crippen molar-refractivity contribution >= 4 is 34.4 Å². The number of H-pyrrole nitrogens is 1. The second kappa shape index (κ2) is 7.41. The molecule has 0 aliphatic carbocycles. The molecular formula is C20H21N3O2S. The SMILES string of the molecule is CCOc1ccc2nc(SCC(=O)N3CCCc4ccccc43)[nH]c2c1. The van der Waals surface area contributed by atoms with Gasteiger partial charge in [-0.1, -0.05) is 30.0 Å². The van der Waals surface area contributed by atoms with E-state index in [1.807, 2.05) is 48.2 Å². The van der Waals surface area contributed by atoms with E-state index in [4.69, 9.17) is 4.74 Å². The Hall–Kier alpha value is -2.47. The largest absolute Gasteiger partial charge is 0.494 e. The Labute approximate surface area is 156 Å². The zero-order valence-corrected chi connectivity index (χ0v) is 15.5. The van der Waals surface area contributed by atoms with Crippen molar-refractivity contribution in [2.75, 3.05) is 23.8 Å². The first-order valence-electron chi connectivity index (χ1n) is 8.88. The molecule has 0 fully saturated rings. The lowest BCUT2D eigenvalue weighted by atomic mass is 10.0. The van der Waals surface area contributed by atoms with E-state index in [1.165, 1.54) is 17.3 Å². The van der Waals surface area contributed by atoms with Gasteiger partial charge in [-0.15, -0.1) is 0 Å². The lowest BCUT2D eigenvalue weighted by Crippen LogP contribution is -2.36. The number of fused-ring (bicyclic) bond motifs is 2. The number of rotatable bonds is 5. The standard InChI is InChI=1S/C20H21N3O2S/c1-2-25-15-9-10-16-17(12-15)22-20(21-16)26-13-19(24)23-11-5-7-14-6-3-4-8-18(14)23/h3-4,6,8-10,12H,2,5,7,11,13H2,1H3,(H,21,22).